The molecule has 0 aromatic heterocycles. The summed E-state index contributed by atoms with van der Waals surface area (Å²) in [7, 11) is 1.71. The summed E-state index contributed by atoms with van der Waals surface area (Å²) in [6.07, 6.45) is 3.68. The summed E-state index contributed by atoms with van der Waals surface area (Å²) in [6.45, 7) is 2.26. The average Bonchev–Trinajstić information content (AvgIpc) is 3.33. The van der Waals surface area contributed by atoms with Crippen LogP contribution in [0.3, 0.4) is 0 Å². The van der Waals surface area contributed by atoms with Gasteiger partial charge < -0.3 is 4.74 Å². The Labute approximate surface area is 127 Å². The fraction of sp³-hybridized carbons (Fsp3) is 0.300. The fourth-order valence-corrected chi connectivity index (χ4v) is 2.95. The zero-order chi connectivity index (χ0) is 14.7. The van der Waals surface area contributed by atoms with Crippen molar-refractivity contribution in [3.63, 3.8) is 0 Å². The van der Waals surface area contributed by atoms with Gasteiger partial charge >= 0.3 is 0 Å². The summed E-state index contributed by atoms with van der Waals surface area (Å²) >= 11 is 0. The minimum Gasteiger partial charge on any atom is -0.497 e. The number of hydrogen-bond donors (Lipinski definition) is 0. The number of methoxy groups -OCH3 is 1. The topological polar surface area (TPSA) is 9.23 Å². The van der Waals surface area contributed by atoms with Crippen molar-refractivity contribution in [2.75, 3.05) is 7.11 Å². The minimum absolute atomic E-state index is 0.785. The van der Waals surface area contributed by atoms with Gasteiger partial charge in [-0.3, -0.25) is 0 Å². The first kappa shape index (κ1) is 13.9. The molecule has 0 N–H and O–H groups in total. The molecule has 0 saturated heterocycles. The summed E-state index contributed by atoms with van der Waals surface area (Å²) in [6, 6.07) is 19.2. The maximum atomic E-state index is 5.20. The van der Waals surface area contributed by atoms with Crippen molar-refractivity contribution in [2.24, 2.45) is 5.92 Å². The van der Waals surface area contributed by atoms with E-state index in [2.05, 4.69) is 49.4 Å². The first-order valence-corrected chi connectivity index (χ1v) is 7.66. The molecule has 1 fully saturated rings. The van der Waals surface area contributed by atoms with Crippen LogP contribution in [-0.2, 0) is 6.42 Å². The monoisotopic (exact) mass is 278 g/mol. The SMILES string of the molecule is COc1ccc(CCC2C/C2=C(/C)c2ccccc2)cc1. The molecule has 2 aromatic carbocycles. The Morgan fingerprint density at radius 2 is 1.76 bits per heavy atom. The number of ether oxygens (including phenoxy) is 1. The largest absolute Gasteiger partial charge is 0.497 e. The molecule has 0 radical (unpaired) electrons. The maximum Gasteiger partial charge on any atom is 0.118 e. The van der Waals surface area contributed by atoms with Gasteiger partial charge in [-0.15, -0.1) is 0 Å². The smallest absolute Gasteiger partial charge is 0.118 e. The summed E-state index contributed by atoms with van der Waals surface area (Å²) in [5.74, 6) is 1.72. The molecule has 0 heterocycles. The molecule has 0 aliphatic heterocycles. The van der Waals surface area contributed by atoms with E-state index in [0.717, 1.165) is 18.1 Å². The van der Waals surface area contributed by atoms with E-state index in [9.17, 15) is 0 Å². The lowest BCUT2D eigenvalue weighted by Gasteiger charge is -2.03. The molecule has 1 atom stereocenters. The van der Waals surface area contributed by atoms with Gasteiger partial charge in [-0.25, -0.2) is 0 Å². The Morgan fingerprint density at radius 1 is 1.05 bits per heavy atom. The van der Waals surface area contributed by atoms with Crippen molar-refractivity contribution >= 4 is 5.57 Å². The van der Waals surface area contributed by atoms with Crippen LogP contribution in [0.2, 0.25) is 0 Å². The molecule has 2 aromatic rings. The molecule has 1 aliphatic rings. The number of benzene rings is 2. The van der Waals surface area contributed by atoms with Gasteiger partial charge in [-0.1, -0.05) is 48.0 Å². The highest BCUT2D eigenvalue weighted by Crippen LogP contribution is 2.46. The lowest BCUT2D eigenvalue weighted by Crippen LogP contribution is -1.88. The number of hydrogen-bond acceptors (Lipinski definition) is 1. The molecule has 0 spiro atoms. The van der Waals surface area contributed by atoms with Crippen molar-refractivity contribution in [3.05, 3.63) is 71.3 Å². The van der Waals surface area contributed by atoms with Gasteiger partial charge in [0.15, 0.2) is 0 Å². The Kier molecular flexibility index (Phi) is 4.10. The first-order valence-electron chi connectivity index (χ1n) is 7.66. The van der Waals surface area contributed by atoms with Gasteiger partial charge in [0.05, 0.1) is 7.11 Å². The van der Waals surface area contributed by atoms with Crippen molar-refractivity contribution in [2.45, 2.75) is 26.2 Å². The molecule has 21 heavy (non-hydrogen) atoms. The normalized spacial score (nSPS) is 19.2. The second kappa shape index (κ2) is 6.17. The molecule has 1 saturated carbocycles. The van der Waals surface area contributed by atoms with E-state index in [-0.39, 0.29) is 0 Å². The zero-order valence-electron chi connectivity index (χ0n) is 12.8. The van der Waals surface area contributed by atoms with Crippen LogP contribution in [0, 0.1) is 5.92 Å². The third-order valence-electron chi connectivity index (χ3n) is 4.43. The Balaban J connectivity index is 1.58. The van der Waals surface area contributed by atoms with Crippen LogP contribution in [0.15, 0.2) is 60.2 Å². The molecule has 1 nitrogen and oxygen atoms in total. The molecular weight excluding hydrogens is 256 g/mol. The van der Waals surface area contributed by atoms with Crippen molar-refractivity contribution in [1.29, 1.82) is 0 Å². The van der Waals surface area contributed by atoms with E-state index in [1.807, 2.05) is 12.1 Å². The van der Waals surface area contributed by atoms with Crippen molar-refractivity contribution in [1.82, 2.24) is 0 Å². The fourth-order valence-electron chi connectivity index (χ4n) is 2.95. The van der Waals surface area contributed by atoms with Crippen LogP contribution >= 0.6 is 0 Å². The van der Waals surface area contributed by atoms with E-state index in [4.69, 9.17) is 4.74 Å². The number of allylic oxidation sites excluding steroid dienone is 2. The summed E-state index contributed by atoms with van der Waals surface area (Å²) in [5.41, 5.74) is 5.91. The van der Waals surface area contributed by atoms with Gasteiger partial charge in [0.1, 0.15) is 5.75 Å². The molecule has 1 heteroatoms. The number of aryl methyl sites for hydroxylation is 1. The summed E-state index contributed by atoms with van der Waals surface area (Å²) < 4.78 is 5.20. The second-order valence-corrected chi connectivity index (χ2v) is 5.80. The first-order chi connectivity index (χ1) is 10.3. The average molecular weight is 278 g/mol. The van der Waals surface area contributed by atoms with Crippen LogP contribution < -0.4 is 4.74 Å². The van der Waals surface area contributed by atoms with E-state index in [1.165, 1.54) is 29.5 Å². The molecular formula is C20H22O. The summed E-state index contributed by atoms with van der Waals surface area (Å²) in [4.78, 5) is 0. The Morgan fingerprint density at radius 3 is 2.43 bits per heavy atom. The predicted octanol–water partition coefficient (Wildman–Crippen LogP) is 5.12. The third kappa shape index (κ3) is 3.36. The van der Waals surface area contributed by atoms with Gasteiger partial charge in [0.25, 0.3) is 0 Å². The molecule has 3 rings (SSSR count). The van der Waals surface area contributed by atoms with Gasteiger partial charge in [0.2, 0.25) is 0 Å². The highest BCUT2D eigenvalue weighted by atomic mass is 16.5. The number of rotatable bonds is 5. The Hall–Kier alpha value is -2.02. The van der Waals surface area contributed by atoms with Crippen LogP contribution in [-0.4, -0.2) is 7.11 Å². The minimum atomic E-state index is 0.785. The van der Waals surface area contributed by atoms with E-state index >= 15 is 0 Å². The van der Waals surface area contributed by atoms with Crippen molar-refractivity contribution < 1.29 is 4.74 Å². The highest BCUT2D eigenvalue weighted by molar-refractivity contribution is 5.70. The van der Waals surface area contributed by atoms with Crippen LogP contribution in [0.25, 0.3) is 5.57 Å². The van der Waals surface area contributed by atoms with E-state index in [1.54, 1.807) is 12.7 Å². The van der Waals surface area contributed by atoms with E-state index < -0.39 is 0 Å². The molecule has 0 bridgehead atoms. The van der Waals surface area contributed by atoms with Crippen LogP contribution in [0.4, 0.5) is 0 Å². The predicted molar refractivity (Wildman–Crippen MR) is 88.5 cm³/mol. The third-order valence-corrected chi connectivity index (χ3v) is 4.43. The van der Waals surface area contributed by atoms with Crippen LogP contribution in [0.1, 0.15) is 30.9 Å². The lowest BCUT2D eigenvalue weighted by molar-refractivity contribution is 0.414. The van der Waals surface area contributed by atoms with E-state index in [0.29, 0.717) is 0 Å². The molecule has 0 amide bonds. The quantitative estimate of drug-likeness (QED) is 0.737. The molecule has 1 unspecified atom stereocenters. The van der Waals surface area contributed by atoms with Gasteiger partial charge in [-0.05, 0) is 60.9 Å². The standard InChI is InChI=1S/C20H22O/c1-15(17-6-4-3-5-7-17)20-14-18(20)11-8-16-9-12-19(21-2)13-10-16/h3-7,9-10,12-13,18H,8,11,14H2,1-2H3/b20-15+. The molecule has 108 valence electrons. The van der Waals surface area contributed by atoms with Gasteiger partial charge in [-0.2, -0.15) is 0 Å². The maximum absolute atomic E-state index is 5.20. The lowest BCUT2D eigenvalue weighted by atomic mass is 10.0. The van der Waals surface area contributed by atoms with Crippen molar-refractivity contribution in [3.8, 4) is 5.75 Å². The van der Waals surface area contributed by atoms with Gasteiger partial charge in [0, 0.05) is 0 Å². The highest BCUT2D eigenvalue weighted by Gasteiger charge is 2.31. The zero-order valence-corrected chi connectivity index (χ0v) is 12.8. The second-order valence-electron chi connectivity index (χ2n) is 5.80. The summed E-state index contributed by atoms with van der Waals surface area (Å²) in [5, 5.41) is 0. The van der Waals surface area contributed by atoms with Crippen LogP contribution in [0.5, 0.6) is 5.75 Å². The molecule has 1 aliphatic carbocycles. The Bertz CT molecular complexity index is 623.